The maximum absolute atomic E-state index is 13.2. The van der Waals surface area contributed by atoms with Gasteiger partial charge in [-0.05, 0) is 44.4 Å². The molecule has 6 nitrogen and oxygen atoms in total. The van der Waals surface area contributed by atoms with E-state index in [1.165, 1.54) is 19.3 Å². The first-order valence-electron chi connectivity index (χ1n) is 9.64. The number of nitrogens with zero attached hydrogens (tertiary/aromatic N) is 3. The number of hydrogen-bond acceptors (Lipinski definition) is 4. The van der Waals surface area contributed by atoms with Gasteiger partial charge >= 0.3 is 0 Å². The fourth-order valence-corrected chi connectivity index (χ4v) is 5.18. The molecule has 4 rings (SSSR count). The van der Waals surface area contributed by atoms with Gasteiger partial charge in [0.1, 0.15) is 5.60 Å². The van der Waals surface area contributed by atoms with E-state index in [2.05, 4.69) is 12.0 Å². The number of aromatic nitrogens is 2. The van der Waals surface area contributed by atoms with Crippen molar-refractivity contribution in [3.05, 3.63) is 18.0 Å². The average Bonchev–Trinajstić information content (AvgIpc) is 3.01. The van der Waals surface area contributed by atoms with Crippen molar-refractivity contribution in [3.8, 4) is 0 Å². The quantitative estimate of drug-likeness (QED) is 0.884. The number of morpholine rings is 1. The van der Waals surface area contributed by atoms with Crippen LogP contribution in [-0.4, -0.2) is 46.3 Å². The molecule has 0 aromatic carbocycles. The number of nitrogens with two attached hydrogens (primary N) is 1. The van der Waals surface area contributed by atoms with E-state index in [-0.39, 0.29) is 5.92 Å². The Kier molecular flexibility index (Phi) is 4.36. The summed E-state index contributed by atoms with van der Waals surface area (Å²) in [6, 6.07) is 0.308. The Labute approximate surface area is 149 Å². The third-order valence-electron chi connectivity index (χ3n) is 6.66. The van der Waals surface area contributed by atoms with E-state index in [1.54, 1.807) is 4.68 Å². The van der Waals surface area contributed by atoms with Crippen LogP contribution in [0.1, 0.15) is 44.6 Å². The maximum atomic E-state index is 13.2. The smallest absolute Gasteiger partial charge is 0.225 e. The SMILES string of the molecule is Cn1cc(C2(C)CN(C(=O)C3CC4CCCC(C3)C4N)CCO2)cn1. The van der Waals surface area contributed by atoms with E-state index < -0.39 is 5.60 Å². The van der Waals surface area contributed by atoms with Crippen LogP contribution >= 0.6 is 0 Å². The first-order valence-corrected chi connectivity index (χ1v) is 9.64. The molecule has 3 aliphatic rings. The molecule has 3 fully saturated rings. The molecule has 2 aliphatic carbocycles. The highest BCUT2D eigenvalue weighted by Crippen LogP contribution is 2.43. The van der Waals surface area contributed by atoms with E-state index in [0.29, 0.717) is 43.5 Å². The standard InChI is InChI=1S/C19H30N4O2/c1-19(16-10-21-22(2)11-16)12-23(6-7-25-19)18(24)15-8-13-4-3-5-14(9-15)17(13)20/h10-11,13-15,17H,3-9,12,20H2,1-2H3. The Bertz CT molecular complexity index is 631. The van der Waals surface area contributed by atoms with Crippen LogP contribution in [0.3, 0.4) is 0 Å². The number of hydrogen-bond donors (Lipinski definition) is 1. The zero-order valence-corrected chi connectivity index (χ0v) is 15.4. The summed E-state index contributed by atoms with van der Waals surface area (Å²) in [6.45, 7) is 3.94. The minimum Gasteiger partial charge on any atom is -0.367 e. The molecule has 2 N–H and O–H groups in total. The molecule has 1 aromatic heterocycles. The van der Waals surface area contributed by atoms with Gasteiger partial charge in [-0.2, -0.15) is 5.10 Å². The first-order chi connectivity index (χ1) is 12.0. The molecule has 25 heavy (non-hydrogen) atoms. The molecule has 3 unspecified atom stereocenters. The van der Waals surface area contributed by atoms with Gasteiger partial charge in [-0.1, -0.05) is 6.42 Å². The number of rotatable bonds is 2. The highest BCUT2D eigenvalue weighted by atomic mass is 16.5. The summed E-state index contributed by atoms with van der Waals surface area (Å²) in [4.78, 5) is 15.2. The van der Waals surface area contributed by atoms with E-state index in [9.17, 15) is 4.79 Å². The van der Waals surface area contributed by atoms with E-state index in [4.69, 9.17) is 10.5 Å². The van der Waals surface area contributed by atoms with Crippen molar-refractivity contribution in [1.82, 2.24) is 14.7 Å². The molecule has 1 saturated heterocycles. The minimum absolute atomic E-state index is 0.145. The van der Waals surface area contributed by atoms with Gasteiger partial charge in [-0.3, -0.25) is 9.48 Å². The number of carbonyl (C=O) groups excluding carboxylic acids is 1. The van der Waals surface area contributed by atoms with Crippen molar-refractivity contribution in [2.24, 2.45) is 30.5 Å². The molecular formula is C19H30N4O2. The van der Waals surface area contributed by atoms with Gasteiger partial charge in [-0.25, -0.2) is 0 Å². The minimum atomic E-state index is -0.469. The molecule has 0 radical (unpaired) electrons. The van der Waals surface area contributed by atoms with Crippen LogP contribution in [0.5, 0.6) is 0 Å². The number of amides is 1. The van der Waals surface area contributed by atoms with Crippen molar-refractivity contribution < 1.29 is 9.53 Å². The highest BCUT2D eigenvalue weighted by molar-refractivity contribution is 5.79. The zero-order chi connectivity index (χ0) is 17.6. The van der Waals surface area contributed by atoms with Crippen LogP contribution in [0.25, 0.3) is 0 Å². The third kappa shape index (κ3) is 3.10. The van der Waals surface area contributed by atoms with Crippen LogP contribution in [0, 0.1) is 17.8 Å². The largest absolute Gasteiger partial charge is 0.367 e. The lowest BCUT2D eigenvalue weighted by Gasteiger charge is -2.46. The first kappa shape index (κ1) is 17.0. The zero-order valence-electron chi connectivity index (χ0n) is 15.4. The molecule has 2 heterocycles. The summed E-state index contributed by atoms with van der Waals surface area (Å²) in [5, 5.41) is 4.26. The summed E-state index contributed by atoms with van der Waals surface area (Å²) in [7, 11) is 1.91. The lowest BCUT2D eigenvalue weighted by Crippen LogP contribution is -2.54. The second-order valence-electron chi connectivity index (χ2n) is 8.44. The molecule has 2 bridgehead atoms. The van der Waals surface area contributed by atoms with Crippen molar-refractivity contribution in [2.75, 3.05) is 19.7 Å². The summed E-state index contributed by atoms with van der Waals surface area (Å²) < 4.78 is 7.84. The topological polar surface area (TPSA) is 73.4 Å². The molecule has 1 amide bonds. The number of fused-ring (bicyclic) bond motifs is 2. The van der Waals surface area contributed by atoms with Gasteiger partial charge in [-0.15, -0.1) is 0 Å². The van der Waals surface area contributed by atoms with Crippen molar-refractivity contribution >= 4 is 5.91 Å². The van der Waals surface area contributed by atoms with Crippen molar-refractivity contribution in [1.29, 1.82) is 0 Å². The molecule has 1 aliphatic heterocycles. The van der Waals surface area contributed by atoms with Crippen LogP contribution in [0.15, 0.2) is 12.4 Å². The number of ether oxygens (including phenoxy) is 1. The Morgan fingerprint density at radius 1 is 1.36 bits per heavy atom. The molecule has 138 valence electrons. The van der Waals surface area contributed by atoms with Crippen LogP contribution in [0.4, 0.5) is 0 Å². The molecular weight excluding hydrogens is 316 g/mol. The predicted octanol–water partition coefficient (Wildman–Crippen LogP) is 1.65. The van der Waals surface area contributed by atoms with E-state index in [0.717, 1.165) is 18.4 Å². The van der Waals surface area contributed by atoms with Gasteiger partial charge in [0.25, 0.3) is 0 Å². The summed E-state index contributed by atoms with van der Waals surface area (Å²) in [6.07, 6.45) is 9.43. The molecule has 6 heteroatoms. The molecule has 1 aromatic rings. The Morgan fingerprint density at radius 3 is 2.72 bits per heavy atom. The lowest BCUT2D eigenvalue weighted by molar-refractivity contribution is -0.156. The maximum Gasteiger partial charge on any atom is 0.225 e. The summed E-state index contributed by atoms with van der Waals surface area (Å²) >= 11 is 0. The van der Waals surface area contributed by atoms with Gasteiger partial charge in [0.05, 0.1) is 19.3 Å². The van der Waals surface area contributed by atoms with Gasteiger partial charge in [0.15, 0.2) is 0 Å². The van der Waals surface area contributed by atoms with E-state index in [1.807, 2.05) is 24.3 Å². The van der Waals surface area contributed by atoms with Crippen molar-refractivity contribution in [3.63, 3.8) is 0 Å². The molecule has 2 saturated carbocycles. The van der Waals surface area contributed by atoms with Gasteiger partial charge in [0, 0.05) is 37.3 Å². The van der Waals surface area contributed by atoms with Crippen molar-refractivity contribution in [2.45, 2.75) is 50.7 Å². The van der Waals surface area contributed by atoms with Gasteiger partial charge in [0.2, 0.25) is 5.91 Å². The van der Waals surface area contributed by atoms with Crippen LogP contribution in [0.2, 0.25) is 0 Å². The molecule has 3 atom stereocenters. The normalized spacial score (nSPS) is 38.6. The predicted molar refractivity (Wildman–Crippen MR) is 94.6 cm³/mol. The van der Waals surface area contributed by atoms with Crippen LogP contribution in [-0.2, 0) is 22.2 Å². The molecule has 0 spiro atoms. The second-order valence-corrected chi connectivity index (χ2v) is 8.44. The Hall–Kier alpha value is -1.40. The fraction of sp³-hybridized carbons (Fsp3) is 0.789. The van der Waals surface area contributed by atoms with E-state index >= 15 is 0 Å². The lowest BCUT2D eigenvalue weighted by atomic mass is 9.65. The Morgan fingerprint density at radius 2 is 2.08 bits per heavy atom. The monoisotopic (exact) mass is 346 g/mol. The Balaban J connectivity index is 1.47. The second kappa shape index (κ2) is 6.40. The van der Waals surface area contributed by atoms with Gasteiger partial charge < -0.3 is 15.4 Å². The highest BCUT2D eigenvalue weighted by Gasteiger charge is 2.44. The third-order valence-corrected chi connectivity index (χ3v) is 6.66. The summed E-state index contributed by atoms with van der Waals surface area (Å²) in [5.74, 6) is 1.52. The summed E-state index contributed by atoms with van der Waals surface area (Å²) in [5.41, 5.74) is 6.96. The average molecular weight is 346 g/mol. The number of aryl methyl sites for hydroxylation is 1. The van der Waals surface area contributed by atoms with Crippen LogP contribution < -0.4 is 5.73 Å². The number of carbonyl (C=O) groups is 1. The fourth-order valence-electron chi connectivity index (χ4n) is 5.18.